The Bertz CT molecular complexity index is 815. The topological polar surface area (TPSA) is 69.6 Å². The molecule has 106 valence electrons. The fourth-order valence-electron chi connectivity index (χ4n) is 2.07. The van der Waals surface area contributed by atoms with E-state index in [-0.39, 0.29) is 5.69 Å². The fourth-order valence-corrected chi connectivity index (χ4v) is 2.55. The Labute approximate surface area is 128 Å². The lowest BCUT2D eigenvalue weighted by molar-refractivity contribution is 0.608. The summed E-state index contributed by atoms with van der Waals surface area (Å²) in [5.74, 6) is 0.0391. The van der Waals surface area contributed by atoms with Crippen LogP contribution in [0, 0.1) is 12.7 Å². The summed E-state index contributed by atoms with van der Waals surface area (Å²) in [4.78, 5) is 0. The number of tetrazole rings is 1. The minimum absolute atomic E-state index is 0.287. The molecule has 2 N–H and O–H groups in total. The quantitative estimate of drug-likeness (QED) is 0.723. The van der Waals surface area contributed by atoms with Crippen LogP contribution in [0.3, 0.4) is 0 Å². The molecule has 7 heteroatoms. The Kier molecular flexibility index (Phi) is 3.42. The Morgan fingerprint density at radius 1 is 1.24 bits per heavy atom. The predicted molar refractivity (Wildman–Crippen MR) is 81.4 cm³/mol. The van der Waals surface area contributed by atoms with Gasteiger partial charge in [0, 0.05) is 15.7 Å². The van der Waals surface area contributed by atoms with E-state index in [0.717, 1.165) is 15.6 Å². The number of nitrogens with zero attached hydrogens (tertiary/aromatic N) is 4. The molecule has 1 heterocycles. The number of nitrogens with two attached hydrogens (primary N) is 1. The van der Waals surface area contributed by atoms with Crippen LogP contribution >= 0.6 is 15.9 Å². The van der Waals surface area contributed by atoms with E-state index in [1.54, 1.807) is 24.3 Å². The van der Waals surface area contributed by atoms with Gasteiger partial charge in [-0.2, -0.15) is 4.68 Å². The number of halogens is 2. The highest BCUT2D eigenvalue weighted by molar-refractivity contribution is 9.10. The van der Waals surface area contributed by atoms with Crippen LogP contribution in [0.2, 0.25) is 0 Å². The van der Waals surface area contributed by atoms with E-state index < -0.39 is 5.82 Å². The Morgan fingerprint density at radius 3 is 2.76 bits per heavy atom. The van der Waals surface area contributed by atoms with E-state index in [9.17, 15) is 4.39 Å². The number of para-hydroxylation sites is 1. The predicted octanol–water partition coefficient (Wildman–Crippen LogP) is 3.12. The molecular formula is C14H11BrFN5. The molecule has 0 amide bonds. The summed E-state index contributed by atoms with van der Waals surface area (Å²) in [5, 5.41) is 11.5. The van der Waals surface area contributed by atoms with Gasteiger partial charge in [0.15, 0.2) is 5.82 Å². The number of nitrogen functional groups attached to an aromatic ring is 1. The highest BCUT2D eigenvalue weighted by atomic mass is 79.9. The standard InChI is InChI=1S/C14H11BrFN5/c1-8-10(6-9(15)7-12(8)17)14-18-19-20-21(14)13-5-3-2-4-11(13)16/h2-7H,17H2,1H3. The molecule has 0 atom stereocenters. The van der Waals surface area contributed by atoms with Crippen molar-refractivity contribution in [1.29, 1.82) is 0 Å². The van der Waals surface area contributed by atoms with Crippen LogP contribution < -0.4 is 5.73 Å². The van der Waals surface area contributed by atoms with Crippen LogP contribution in [0.25, 0.3) is 17.1 Å². The first-order valence-corrected chi connectivity index (χ1v) is 6.96. The number of anilines is 1. The van der Waals surface area contributed by atoms with Gasteiger partial charge in [-0.05, 0) is 47.2 Å². The summed E-state index contributed by atoms with van der Waals surface area (Å²) in [6.07, 6.45) is 0. The number of rotatable bonds is 2. The monoisotopic (exact) mass is 347 g/mol. The molecule has 5 nitrogen and oxygen atoms in total. The van der Waals surface area contributed by atoms with Crippen LogP contribution in [0.1, 0.15) is 5.56 Å². The lowest BCUT2D eigenvalue weighted by atomic mass is 10.1. The first kappa shape index (κ1) is 13.7. The molecule has 0 aliphatic rings. The molecule has 0 aliphatic carbocycles. The molecule has 2 aromatic carbocycles. The maximum Gasteiger partial charge on any atom is 0.187 e. The van der Waals surface area contributed by atoms with Gasteiger partial charge in [0.1, 0.15) is 11.5 Å². The largest absolute Gasteiger partial charge is 0.398 e. The highest BCUT2D eigenvalue weighted by Gasteiger charge is 2.17. The molecule has 3 aromatic rings. The van der Waals surface area contributed by atoms with Crippen molar-refractivity contribution in [1.82, 2.24) is 20.2 Å². The number of aromatic nitrogens is 4. The summed E-state index contributed by atoms with van der Waals surface area (Å²) >= 11 is 3.40. The molecule has 0 unspecified atom stereocenters. The normalized spacial score (nSPS) is 10.8. The van der Waals surface area contributed by atoms with Gasteiger partial charge in [0.05, 0.1) is 0 Å². The van der Waals surface area contributed by atoms with Gasteiger partial charge in [-0.3, -0.25) is 0 Å². The van der Waals surface area contributed by atoms with Gasteiger partial charge in [-0.1, -0.05) is 28.1 Å². The zero-order chi connectivity index (χ0) is 15.0. The van der Waals surface area contributed by atoms with Gasteiger partial charge in [0.25, 0.3) is 0 Å². The lowest BCUT2D eigenvalue weighted by Gasteiger charge is -2.10. The lowest BCUT2D eigenvalue weighted by Crippen LogP contribution is -2.04. The van der Waals surface area contributed by atoms with Gasteiger partial charge >= 0.3 is 0 Å². The minimum atomic E-state index is -0.397. The Balaban J connectivity index is 2.23. The van der Waals surface area contributed by atoms with E-state index in [1.807, 2.05) is 13.0 Å². The zero-order valence-electron chi connectivity index (χ0n) is 11.1. The number of benzene rings is 2. The van der Waals surface area contributed by atoms with Crippen LogP contribution in [-0.2, 0) is 0 Å². The first-order valence-electron chi connectivity index (χ1n) is 6.17. The second kappa shape index (κ2) is 5.25. The molecule has 1 aromatic heterocycles. The van der Waals surface area contributed by atoms with Crippen molar-refractivity contribution < 1.29 is 4.39 Å². The maximum absolute atomic E-state index is 14.0. The molecule has 0 fully saturated rings. The van der Waals surface area contributed by atoms with Crippen molar-refractivity contribution in [3.05, 3.63) is 52.3 Å². The highest BCUT2D eigenvalue weighted by Crippen LogP contribution is 2.30. The van der Waals surface area contributed by atoms with Gasteiger partial charge in [-0.25, -0.2) is 4.39 Å². The van der Waals surface area contributed by atoms with Crippen LogP contribution in [0.5, 0.6) is 0 Å². The van der Waals surface area contributed by atoms with Crippen molar-refractivity contribution in [3.63, 3.8) is 0 Å². The average Bonchev–Trinajstić information content (AvgIpc) is 2.92. The maximum atomic E-state index is 14.0. The molecule has 0 radical (unpaired) electrons. The SMILES string of the molecule is Cc1c(N)cc(Br)cc1-c1nnnn1-c1ccccc1F. The van der Waals surface area contributed by atoms with E-state index in [2.05, 4.69) is 31.5 Å². The third-order valence-corrected chi connectivity index (χ3v) is 3.66. The van der Waals surface area contributed by atoms with Crippen molar-refractivity contribution in [3.8, 4) is 17.1 Å². The van der Waals surface area contributed by atoms with Gasteiger partial charge in [0.2, 0.25) is 0 Å². The third kappa shape index (κ3) is 2.40. The summed E-state index contributed by atoms with van der Waals surface area (Å²) in [5.41, 5.74) is 8.45. The summed E-state index contributed by atoms with van der Waals surface area (Å²) < 4.78 is 16.1. The van der Waals surface area contributed by atoms with Crippen LogP contribution in [-0.4, -0.2) is 20.2 Å². The van der Waals surface area contributed by atoms with Crippen LogP contribution in [0.15, 0.2) is 40.9 Å². The molecular weight excluding hydrogens is 337 g/mol. The minimum Gasteiger partial charge on any atom is -0.398 e. The van der Waals surface area contributed by atoms with Crippen molar-refractivity contribution in [2.24, 2.45) is 0 Å². The number of hydrogen-bond acceptors (Lipinski definition) is 4. The van der Waals surface area contributed by atoms with Crippen molar-refractivity contribution in [2.75, 3.05) is 5.73 Å². The molecule has 0 spiro atoms. The summed E-state index contributed by atoms with van der Waals surface area (Å²) in [7, 11) is 0. The molecule has 3 rings (SSSR count). The summed E-state index contributed by atoms with van der Waals surface area (Å²) in [6.45, 7) is 1.87. The second-order valence-corrected chi connectivity index (χ2v) is 5.45. The second-order valence-electron chi connectivity index (χ2n) is 4.53. The molecule has 0 aliphatic heterocycles. The van der Waals surface area contributed by atoms with Crippen LogP contribution in [0.4, 0.5) is 10.1 Å². The fraction of sp³-hybridized carbons (Fsp3) is 0.0714. The Morgan fingerprint density at radius 2 is 2.00 bits per heavy atom. The first-order chi connectivity index (χ1) is 10.1. The van der Waals surface area contributed by atoms with E-state index in [0.29, 0.717) is 11.5 Å². The Hall–Kier alpha value is -2.28. The molecule has 0 saturated carbocycles. The molecule has 21 heavy (non-hydrogen) atoms. The van der Waals surface area contributed by atoms with E-state index >= 15 is 0 Å². The summed E-state index contributed by atoms with van der Waals surface area (Å²) in [6, 6.07) is 9.98. The van der Waals surface area contributed by atoms with E-state index in [1.165, 1.54) is 10.7 Å². The molecule has 0 saturated heterocycles. The van der Waals surface area contributed by atoms with Crippen molar-refractivity contribution in [2.45, 2.75) is 6.92 Å². The van der Waals surface area contributed by atoms with E-state index in [4.69, 9.17) is 5.73 Å². The number of hydrogen-bond donors (Lipinski definition) is 1. The third-order valence-electron chi connectivity index (χ3n) is 3.20. The smallest absolute Gasteiger partial charge is 0.187 e. The van der Waals surface area contributed by atoms with Gasteiger partial charge in [-0.15, -0.1) is 5.10 Å². The van der Waals surface area contributed by atoms with Gasteiger partial charge < -0.3 is 5.73 Å². The zero-order valence-corrected chi connectivity index (χ0v) is 12.7. The molecule has 0 bridgehead atoms. The van der Waals surface area contributed by atoms with Crippen molar-refractivity contribution >= 4 is 21.6 Å². The average molecular weight is 348 g/mol.